The van der Waals surface area contributed by atoms with Crippen LogP contribution < -0.4 is 4.90 Å². The van der Waals surface area contributed by atoms with E-state index in [0.717, 1.165) is 36.0 Å². The number of aromatic nitrogens is 4. The van der Waals surface area contributed by atoms with Gasteiger partial charge in [-0.25, -0.2) is 15.0 Å². The van der Waals surface area contributed by atoms with E-state index in [1.54, 1.807) is 12.7 Å². The van der Waals surface area contributed by atoms with Crippen molar-refractivity contribution in [1.82, 2.24) is 19.9 Å². The number of H-pyrrole nitrogens is 1. The fraction of sp³-hybridized carbons (Fsp3) is 0.583. The smallest absolute Gasteiger partial charge is 0.182 e. The quantitative estimate of drug-likeness (QED) is 0.849. The summed E-state index contributed by atoms with van der Waals surface area (Å²) in [4.78, 5) is 18.3. The zero-order chi connectivity index (χ0) is 11.5. The fourth-order valence-corrected chi connectivity index (χ4v) is 3.29. The van der Waals surface area contributed by atoms with Crippen molar-refractivity contribution >= 4 is 17.0 Å². The first-order valence-corrected chi connectivity index (χ1v) is 6.21. The zero-order valence-corrected chi connectivity index (χ0v) is 9.85. The van der Waals surface area contributed by atoms with E-state index >= 15 is 0 Å². The number of nitrogens with zero attached hydrogens (tertiary/aromatic N) is 4. The van der Waals surface area contributed by atoms with Crippen LogP contribution in [0.3, 0.4) is 0 Å². The lowest BCUT2D eigenvalue weighted by Crippen LogP contribution is -2.25. The Morgan fingerprint density at radius 1 is 1.47 bits per heavy atom. The molecule has 2 aliphatic rings. The van der Waals surface area contributed by atoms with Crippen molar-refractivity contribution in [3.63, 3.8) is 0 Å². The van der Waals surface area contributed by atoms with Gasteiger partial charge in [0.1, 0.15) is 11.8 Å². The van der Waals surface area contributed by atoms with Gasteiger partial charge in [-0.2, -0.15) is 0 Å². The van der Waals surface area contributed by atoms with Gasteiger partial charge in [-0.05, 0) is 24.2 Å². The molecule has 2 atom stereocenters. The predicted octanol–water partition coefficient (Wildman–Crippen LogP) is 1.59. The minimum absolute atomic E-state index is 0.581. The highest BCUT2D eigenvalue weighted by Crippen LogP contribution is 2.60. The predicted molar refractivity (Wildman–Crippen MR) is 64.7 cm³/mol. The van der Waals surface area contributed by atoms with E-state index in [-0.39, 0.29) is 0 Å². The van der Waals surface area contributed by atoms with E-state index < -0.39 is 0 Å². The van der Waals surface area contributed by atoms with E-state index in [4.69, 9.17) is 0 Å². The van der Waals surface area contributed by atoms with Gasteiger partial charge in [0, 0.05) is 13.1 Å². The summed E-state index contributed by atoms with van der Waals surface area (Å²) in [5, 5.41) is 0. The van der Waals surface area contributed by atoms with Crippen LogP contribution in [0.2, 0.25) is 0 Å². The van der Waals surface area contributed by atoms with Crippen LogP contribution in [-0.4, -0.2) is 33.0 Å². The topological polar surface area (TPSA) is 57.7 Å². The van der Waals surface area contributed by atoms with Crippen molar-refractivity contribution in [2.24, 2.45) is 11.3 Å². The molecule has 0 bridgehead atoms. The monoisotopic (exact) mass is 229 g/mol. The Bertz CT molecular complexity index is 573. The van der Waals surface area contributed by atoms with E-state index in [1.165, 1.54) is 12.8 Å². The molecule has 4 rings (SSSR count). The summed E-state index contributed by atoms with van der Waals surface area (Å²) in [6.07, 6.45) is 5.98. The zero-order valence-electron chi connectivity index (χ0n) is 9.85. The highest BCUT2D eigenvalue weighted by molar-refractivity contribution is 5.83. The Hall–Kier alpha value is -1.65. The molecule has 1 aliphatic carbocycles. The van der Waals surface area contributed by atoms with Gasteiger partial charge in [0.2, 0.25) is 0 Å². The van der Waals surface area contributed by atoms with Crippen LogP contribution in [0.1, 0.15) is 19.8 Å². The lowest BCUT2D eigenvalue weighted by atomic mass is 10.0. The Balaban J connectivity index is 1.74. The number of hydrogen-bond acceptors (Lipinski definition) is 4. The van der Waals surface area contributed by atoms with Gasteiger partial charge in [-0.3, -0.25) is 0 Å². The molecule has 5 nitrogen and oxygen atoms in total. The van der Waals surface area contributed by atoms with E-state index in [0.29, 0.717) is 5.41 Å². The molecule has 1 N–H and O–H groups in total. The van der Waals surface area contributed by atoms with Crippen LogP contribution in [0.4, 0.5) is 5.82 Å². The molecule has 88 valence electrons. The number of hydrogen-bond donors (Lipinski definition) is 1. The summed E-state index contributed by atoms with van der Waals surface area (Å²) in [5.41, 5.74) is 2.32. The molecule has 0 amide bonds. The lowest BCUT2D eigenvalue weighted by molar-refractivity contribution is 0.509. The molecule has 3 heterocycles. The van der Waals surface area contributed by atoms with Gasteiger partial charge < -0.3 is 9.88 Å². The minimum atomic E-state index is 0.581. The maximum Gasteiger partial charge on any atom is 0.182 e. The summed E-state index contributed by atoms with van der Waals surface area (Å²) < 4.78 is 0. The number of piperidine rings is 1. The second kappa shape index (κ2) is 2.97. The average Bonchev–Trinajstić information content (AvgIpc) is 2.78. The third-order valence-electron chi connectivity index (χ3n) is 4.51. The highest BCUT2D eigenvalue weighted by Gasteiger charge is 2.58. The Kier molecular flexibility index (Phi) is 1.64. The highest BCUT2D eigenvalue weighted by atomic mass is 15.3. The Morgan fingerprint density at radius 3 is 3.24 bits per heavy atom. The summed E-state index contributed by atoms with van der Waals surface area (Å²) in [6, 6.07) is 0. The van der Waals surface area contributed by atoms with Gasteiger partial charge in [0.25, 0.3) is 0 Å². The van der Waals surface area contributed by atoms with Crippen molar-refractivity contribution < 1.29 is 0 Å². The Labute approximate surface area is 99.3 Å². The maximum absolute atomic E-state index is 4.43. The first kappa shape index (κ1) is 9.39. The maximum atomic E-state index is 4.43. The normalized spacial score (nSPS) is 30.9. The molecular weight excluding hydrogens is 214 g/mol. The third kappa shape index (κ3) is 1.16. The summed E-state index contributed by atoms with van der Waals surface area (Å²) in [5.74, 6) is 1.90. The van der Waals surface area contributed by atoms with Gasteiger partial charge in [0.05, 0.1) is 6.33 Å². The Morgan fingerprint density at radius 2 is 2.41 bits per heavy atom. The number of rotatable bonds is 2. The molecule has 2 fully saturated rings. The van der Waals surface area contributed by atoms with Gasteiger partial charge in [0.15, 0.2) is 11.5 Å². The van der Waals surface area contributed by atoms with Crippen LogP contribution in [0.5, 0.6) is 0 Å². The van der Waals surface area contributed by atoms with Crippen molar-refractivity contribution in [2.75, 3.05) is 18.0 Å². The van der Waals surface area contributed by atoms with Crippen LogP contribution >= 0.6 is 0 Å². The number of fused-ring (bicyclic) bond motifs is 2. The number of nitrogens with one attached hydrogen (secondary N) is 1. The van der Waals surface area contributed by atoms with Crippen LogP contribution in [0, 0.1) is 11.3 Å². The molecule has 0 radical (unpaired) electrons. The largest absolute Gasteiger partial charge is 0.354 e. The molecule has 1 aliphatic heterocycles. The van der Waals surface area contributed by atoms with Crippen LogP contribution in [0.15, 0.2) is 12.7 Å². The standard InChI is InChI=1S/C12H15N5/c1-2-12-3-8(12)4-17(5-12)11-9-10(14-6-13-9)15-7-16-11/h6-8H,2-5H2,1H3,(H,13,14,15,16). The molecule has 0 spiro atoms. The molecule has 2 aromatic heterocycles. The van der Waals surface area contributed by atoms with Crippen LogP contribution in [-0.2, 0) is 0 Å². The van der Waals surface area contributed by atoms with Crippen molar-refractivity contribution in [2.45, 2.75) is 19.8 Å². The molecule has 1 saturated heterocycles. The molecule has 2 unspecified atom stereocenters. The van der Waals surface area contributed by atoms with Crippen molar-refractivity contribution in [1.29, 1.82) is 0 Å². The second-order valence-corrected chi connectivity index (χ2v) is 5.30. The van der Waals surface area contributed by atoms with Gasteiger partial charge in [-0.1, -0.05) is 6.92 Å². The minimum Gasteiger partial charge on any atom is -0.354 e. The number of imidazole rings is 1. The summed E-state index contributed by atoms with van der Waals surface area (Å²) in [7, 11) is 0. The molecule has 0 aromatic carbocycles. The average molecular weight is 229 g/mol. The van der Waals surface area contributed by atoms with E-state index in [9.17, 15) is 0 Å². The van der Waals surface area contributed by atoms with E-state index in [2.05, 4.69) is 31.8 Å². The first-order chi connectivity index (χ1) is 8.32. The van der Waals surface area contributed by atoms with Gasteiger partial charge in [-0.15, -0.1) is 0 Å². The molecule has 2 aromatic rings. The number of anilines is 1. The second-order valence-electron chi connectivity index (χ2n) is 5.30. The SMILES string of the molecule is CCC12CC1CN(c1ncnc3nc[nH]c13)C2. The van der Waals surface area contributed by atoms with Crippen molar-refractivity contribution in [3.05, 3.63) is 12.7 Å². The third-order valence-corrected chi connectivity index (χ3v) is 4.51. The molecular formula is C12H15N5. The summed E-state index contributed by atoms with van der Waals surface area (Å²) >= 11 is 0. The molecule has 5 heteroatoms. The van der Waals surface area contributed by atoms with Crippen molar-refractivity contribution in [3.8, 4) is 0 Å². The first-order valence-electron chi connectivity index (χ1n) is 6.21. The molecule has 1 saturated carbocycles. The summed E-state index contributed by atoms with van der Waals surface area (Å²) in [6.45, 7) is 4.58. The number of aromatic amines is 1. The van der Waals surface area contributed by atoms with Gasteiger partial charge >= 0.3 is 0 Å². The molecule has 17 heavy (non-hydrogen) atoms. The van der Waals surface area contributed by atoms with Crippen LogP contribution in [0.25, 0.3) is 11.2 Å². The fourth-order valence-electron chi connectivity index (χ4n) is 3.29. The van der Waals surface area contributed by atoms with E-state index in [1.807, 2.05) is 0 Å². The lowest BCUT2D eigenvalue weighted by Gasteiger charge is -2.21.